The van der Waals surface area contributed by atoms with Gasteiger partial charge < -0.3 is 9.64 Å². The number of hydrogen-bond donors (Lipinski definition) is 0. The lowest BCUT2D eigenvalue weighted by Gasteiger charge is -2.34. The molecule has 4 heteroatoms. The Labute approximate surface area is 100 Å². The topological polar surface area (TPSA) is 53.3 Å². The third kappa shape index (κ3) is 2.83. The number of carbonyl (C=O) groups excluding carboxylic acids is 1. The Morgan fingerprint density at radius 2 is 2.35 bits per heavy atom. The van der Waals surface area contributed by atoms with E-state index in [1.54, 1.807) is 18.2 Å². The first-order valence-electron chi connectivity index (χ1n) is 5.55. The standard InChI is InChI=1S/C13H14N2O2/c1-15-8-11(9-15)13(16)17-12-4-2-3-10(7-12)5-6-14/h2-4,7,11H,5,8-9H2,1H3. The second-order valence-electron chi connectivity index (χ2n) is 4.32. The molecule has 1 saturated heterocycles. The molecular formula is C13H14N2O2. The smallest absolute Gasteiger partial charge is 0.316 e. The zero-order valence-electron chi connectivity index (χ0n) is 9.72. The van der Waals surface area contributed by atoms with Gasteiger partial charge in [-0.3, -0.25) is 4.79 Å². The summed E-state index contributed by atoms with van der Waals surface area (Å²) >= 11 is 0. The SMILES string of the molecule is CN1CC(C(=O)Oc2cccc(CC#N)c2)C1. The van der Waals surface area contributed by atoms with E-state index in [4.69, 9.17) is 10.00 Å². The average Bonchev–Trinajstić information content (AvgIpc) is 2.26. The van der Waals surface area contributed by atoms with Crippen molar-refractivity contribution in [2.75, 3.05) is 20.1 Å². The van der Waals surface area contributed by atoms with Crippen molar-refractivity contribution in [1.29, 1.82) is 5.26 Å². The van der Waals surface area contributed by atoms with E-state index in [1.165, 1.54) is 0 Å². The fourth-order valence-electron chi connectivity index (χ4n) is 1.86. The van der Waals surface area contributed by atoms with Gasteiger partial charge in [-0.25, -0.2) is 0 Å². The number of hydrogen-bond acceptors (Lipinski definition) is 4. The van der Waals surface area contributed by atoms with Gasteiger partial charge in [0.2, 0.25) is 0 Å². The molecule has 0 spiro atoms. The molecule has 0 N–H and O–H groups in total. The molecule has 0 atom stereocenters. The molecular weight excluding hydrogens is 216 g/mol. The highest BCUT2D eigenvalue weighted by Crippen LogP contribution is 2.19. The summed E-state index contributed by atoms with van der Waals surface area (Å²) in [7, 11) is 1.97. The van der Waals surface area contributed by atoms with Crippen LogP contribution in [0.5, 0.6) is 5.75 Å². The van der Waals surface area contributed by atoms with E-state index in [2.05, 4.69) is 11.0 Å². The maximum atomic E-state index is 11.7. The van der Waals surface area contributed by atoms with E-state index in [1.807, 2.05) is 13.1 Å². The molecule has 88 valence electrons. The summed E-state index contributed by atoms with van der Waals surface area (Å²) < 4.78 is 5.28. The van der Waals surface area contributed by atoms with E-state index in [0.717, 1.165) is 18.7 Å². The van der Waals surface area contributed by atoms with Crippen LogP contribution < -0.4 is 4.74 Å². The number of nitriles is 1. The van der Waals surface area contributed by atoms with Crippen LogP contribution in [0.4, 0.5) is 0 Å². The number of rotatable bonds is 3. The Morgan fingerprint density at radius 3 is 3.00 bits per heavy atom. The van der Waals surface area contributed by atoms with Gasteiger partial charge in [-0.15, -0.1) is 0 Å². The maximum absolute atomic E-state index is 11.7. The van der Waals surface area contributed by atoms with Gasteiger partial charge in [-0.1, -0.05) is 12.1 Å². The zero-order valence-corrected chi connectivity index (χ0v) is 9.72. The van der Waals surface area contributed by atoms with Crippen molar-refractivity contribution in [3.05, 3.63) is 29.8 Å². The predicted molar refractivity (Wildman–Crippen MR) is 62.4 cm³/mol. The largest absolute Gasteiger partial charge is 0.426 e. The molecule has 0 radical (unpaired) electrons. The molecule has 1 fully saturated rings. The Bertz CT molecular complexity index is 459. The summed E-state index contributed by atoms with van der Waals surface area (Å²) in [6, 6.07) is 9.18. The van der Waals surface area contributed by atoms with Crippen LogP contribution in [0.2, 0.25) is 0 Å². The third-order valence-electron chi connectivity index (χ3n) is 2.80. The fourth-order valence-corrected chi connectivity index (χ4v) is 1.86. The molecule has 0 saturated carbocycles. The lowest BCUT2D eigenvalue weighted by molar-refractivity contribution is -0.143. The average molecular weight is 230 g/mol. The van der Waals surface area contributed by atoms with Gasteiger partial charge in [0.15, 0.2) is 0 Å². The normalized spacial score (nSPS) is 16.0. The molecule has 1 aliphatic rings. The van der Waals surface area contributed by atoms with Crippen LogP contribution in [0.15, 0.2) is 24.3 Å². The number of likely N-dealkylation sites (tertiary alicyclic amines) is 1. The van der Waals surface area contributed by atoms with Crippen molar-refractivity contribution >= 4 is 5.97 Å². The predicted octanol–water partition coefficient (Wildman–Crippen LogP) is 1.22. The van der Waals surface area contributed by atoms with Gasteiger partial charge in [0, 0.05) is 13.1 Å². The summed E-state index contributed by atoms with van der Waals surface area (Å²) in [4.78, 5) is 13.8. The first-order valence-corrected chi connectivity index (χ1v) is 5.55. The Balaban J connectivity index is 1.96. The second kappa shape index (κ2) is 4.98. The molecule has 2 rings (SSSR count). The van der Waals surface area contributed by atoms with E-state index >= 15 is 0 Å². The maximum Gasteiger partial charge on any atom is 0.316 e. The first-order chi connectivity index (χ1) is 8.19. The number of esters is 1. The quantitative estimate of drug-likeness (QED) is 0.578. The van der Waals surface area contributed by atoms with E-state index < -0.39 is 0 Å². The molecule has 4 nitrogen and oxygen atoms in total. The molecule has 0 bridgehead atoms. The van der Waals surface area contributed by atoms with Crippen molar-refractivity contribution in [2.24, 2.45) is 5.92 Å². The highest BCUT2D eigenvalue weighted by molar-refractivity contribution is 5.76. The van der Waals surface area contributed by atoms with Crippen LogP contribution in [0.3, 0.4) is 0 Å². The van der Waals surface area contributed by atoms with Crippen LogP contribution >= 0.6 is 0 Å². The van der Waals surface area contributed by atoms with Crippen molar-refractivity contribution in [1.82, 2.24) is 4.90 Å². The number of benzene rings is 1. The van der Waals surface area contributed by atoms with E-state index in [-0.39, 0.29) is 11.9 Å². The van der Waals surface area contributed by atoms with Gasteiger partial charge in [0.1, 0.15) is 5.75 Å². The summed E-state index contributed by atoms with van der Waals surface area (Å²) in [5.74, 6) is 0.328. The molecule has 1 aliphatic heterocycles. The molecule has 1 aromatic carbocycles. The highest BCUT2D eigenvalue weighted by Gasteiger charge is 2.31. The molecule has 0 aliphatic carbocycles. The van der Waals surface area contributed by atoms with Crippen molar-refractivity contribution in [2.45, 2.75) is 6.42 Å². The first kappa shape index (κ1) is 11.6. The summed E-state index contributed by atoms with van der Waals surface area (Å²) in [5.41, 5.74) is 0.864. The minimum absolute atomic E-state index is 0.0142. The highest BCUT2D eigenvalue weighted by atomic mass is 16.5. The minimum atomic E-state index is -0.183. The van der Waals surface area contributed by atoms with Crippen molar-refractivity contribution in [3.8, 4) is 11.8 Å². The molecule has 17 heavy (non-hydrogen) atoms. The van der Waals surface area contributed by atoms with Crippen LogP contribution in [-0.4, -0.2) is 31.0 Å². The lowest BCUT2D eigenvalue weighted by atomic mass is 10.0. The Morgan fingerprint density at radius 1 is 1.59 bits per heavy atom. The van der Waals surface area contributed by atoms with Crippen LogP contribution in [-0.2, 0) is 11.2 Å². The van der Waals surface area contributed by atoms with E-state index in [0.29, 0.717) is 12.2 Å². The lowest BCUT2D eigenvalue weighted by Crippen LogP contribution is -2.49. The second-order valence-corrected chi connectivity index (χ2v) is 4.32. The van der Waals surface area contributed by atoms with Crippen LogP contribution in [0, 0.1) is 17.2 Å². The molecule has 0 aromatic heterocycles. The summed E-state index contributed by atoms with van der Waals surface area (Å²) in [5, 5.41) is 8.59. The summed E-state index contributed by atoms with van der Waals surface area (Å²) in [6.45, 7) is 1.52. The number of nitrogens with zero attached hydrogens (tertiary/aromatic N) is 2. The molecule has 1 heterocycles. The zero-order chi connectivity index (χ0) is 12.3. The summed E-state index contributed by atoms with van der Waals surface area (Å²) in [6.07, 6.45) is 0.331. The van der Waals surface area contributed by atoms with Gasteiger partial charge in [-0.05, 0) is 24.7 Å². The van der Waals surface area contributed by atoms with Gasteiger partial charge in [0.05, 0.1) is 18.4 Å². The van der Waals surface area contributed by atoms with Gasteiger partial charge >= 0.3 is 5.97 Å². The molecule has 1 aromatic rings. The molecule has 0 amide bonds. The Hall–Kier alpha value is -1.86. The van der Waals surface area contributed by atoms with Crippen molar-refractivity contribution < 1.29 is 9.53 Å². The van der Waals surface area contributed by atoms with E-state index in [9.17, 15) is 4.79 Å². The van der Waals surface area contributed by atoms with Crippen molar-refractivity contribution in [3.63, 3.8) is 0 Å². The van der Waals surface area contributed by atoms with Crippen LogP contribution in [0.1, 0.15) is 5.56 Å². The molecule has 0 unspecified atom stereocenters. The number of ether oxygens (including phenoxy) is 1. The fraction of sp³-hybridized carbons (Fsp3) is 0.385. The third-order valence-corrected chi connectivity index (χ3v) is 2.80. The minimum Gasteiger partial charge on any atom is -0.426 e. The van der Waals surface area contributed by atoms with Gasteiger partial charge in [0.25, 0.3) is 0 Å². The Kier molecular flexibility index (Phi) is 3.40. The van der Waals surface area contributed by atoms with Crippen LogP contribution in [0.25, 0.3) is 0 Å². The number of carbonyl (C=O) groups is 1. The monoisotopic (exact) mass is 230 g/mol. The van der Waals surface area contributed by atoms with Gasteiger partial charge in [-0.2, -0.15) is 5.26 Å².